The Balaban J connectivity index is 0.000000948. The van der Waals surface area contributed by atoms with Crippen LogP contribution in [0.15, 0.2) is 52.9 Å². The van der Waals surface area contributed by atoms with Gasteiger partial charge in [0.1, 0.15) is 0 Å². The van der Waals surface area contributed by atoms with Crippen LogP contribution in [0.25, 0.3) is 0 Å². The average molecular weight is 348 g/mol. The van der Waals surface area contributed by atoms with E-state index >= 15 is 0 Å². The zero-order valence-electron chi connectivity index (χ0n) is 16.2. The number of hydrogen-bond donors (Lipinski definition) is 0. The van der Waals surface area contributed by atoms with Gasteiger partial charge < -0.3 is 4.42 Å². The minimum Gasteiger partial charge on any atom is -0.424 e. The van der Waals surface area contributed by atoms with Gasteiger partial charge in [-0.25, -0.2) is 0 Å². The molecule has 1 fully saturated rings. The molecule has 136 valence electrons. The molecule has 0 saturated heterocycles. The molecule has 0 amide bonds. The van der Waals surface area contributed by atoms with Gasteiger partial charge in [-0.1, -0.05) is 67.9 Å². The number of benzene rings is 2. The molecule has 3 heteroatoms. The lowest BCUT2D eigenvalue weighted by Crippen LogP contribution is -2.12. The summed E-state index contributed by atoms with van der Waals surface area (Å²) in [5, 5.41) is 8.66. The SMILES string of the molecule is CC.Cc1ccc(Cc2nnc(C3(Cc4ccccc4C)CC3)o2)cc1. The van der Waals surface area contributed by atoms with E-state index in [1.807, 2.05) is 13.8 Å². The Labute approximate surface area is 156 Å². The van der Waals surface area contributed by atoms with Crippen LogP contribution in [0.4, 0.5) is 0 Å². The van der Waals surface area contributed by atoms with Crippen LogP contribution in [0.2, 0.25) is 0 Å². The van der Waals surface area contributed by atoms with Gasteiger partial charge in [-0.05, 0) is 49.8 Å². The normalized spacial score (nSPS) is 14.5. The second kappa shape index (κ2) is 7.86. The maximum absolute atomic E-state index is 6.03. The summed E-state index contributed by atoms with van der Waals surface area (Å²) in [5.41, 5.74) is 5.25. The van der Waals surface area contributed by atoms with Crippen LogP contribution in [-0.4, -0.2) is 10.2 Å². The highest BCUT2D eigenvalue weighted by Gasteiger charge is 2.49. The van der Waals surface area contributed by atoms with E-state index in [1.165, 1.54) is 22.3 Å². The van der Waals surface area contributed by atoms with Gasteiger partial charge in [-0.15, -0.1) is 10.2 Å². The van der Waals surface area contributed by atoms with Crippen molar-refractivity contribution in [2.75, 3.05) is 0 Å². The molecule has 1 aliphatic rings. The third kappa shape index (κ3) is 4.04. The van der Waals surface area contributed by atoms with Gasteiger partial charge in [-0.3, -0.25) is 0 Å². The van der Waals surface area contributed by atoms with Crippen molar-refractivity contribution in [2.45, 2.75) is 58.8 Å². The Morgan fingerprint density at radius 2 is 1.62 bits per heavy atom. The fraction of sp³-hybridized carbons (Fsp3) is 0.391. The number of nitrogens with zero attached hydrogens (tertiary/aromatic N) is 2. The van der Waals surface area contributed by atoms with Crippen molar-refractivity contribution in [1.82, 2.24) is 10.2 Å². The van der Waals surface area contributed by atoms with Crippen molar-refractivity contribution in [3.63, 3.8) is 0 Å². The van der Waals surface area contributed by atoms with E-state index < -0.39 is 0 Å². The number of hydrogen-bond acceptors (Lipinski definition) is 3. The van der Waals surface area contributed by atoms with E-state index in [1.54, 1.807) is 0 Å². The van der Waals surface area contributed by atoms with Crippen LogP contribution < -0.4 is 0 Å². The second-order valence-electron chi connectivity index (χ2n) is 7.05. The molecule has 2 aromatic carbocycles. The number of rotatable bonds is 5. The van der Waals surface area contributed by atoms with Gasteiger partial charge in [0.15, 0.2) is 0 Å². The molecule has 0 unspecified atom stereocenters. The molecule has 1 aromatic heterocycles. The van der Waals surface area contributed by atoms with E-state index in [9.17, 15) is 0 Å². The van der Waals surface area contributed by atoms with Crippen LogP contribution in [0, 0.1) is 13.8 Å². The second-order valence-corrected chi connectivity index (χ2v) is 7.05. The Morgan fingerprint density at radius 3 is 2.27 bits per heavy atom. The molecular weight excluding hydrogens is 320 g/mol. The topological polar surface area (TPSA) is 38.9 Å². The lowest BCUT2D eigenvalue weighted by Gasteiger charge is -2.12. The molecule has 1 saturated carbocycles. The molecule has 1 heterocycles. The monoisotopic (exact) mass is 348 g/mol. The van der Waals surface area contributed by atoms with Crippen LogP contribution in [0.5, 0.6) is 0 Å². The summed E-state index contributed by atoms with van der Waals surface area (Å²) in [5.74, 6) is 1.53. The lowest BCUT2D eigenvalue weighted by atomic mass is 9.93. The standard InChI is InChI=1S/C21H22N2O.C2H6/c1-15-7-9-17(10-8-15)13-19-22-23-20(24-19)21(11-12-21)14-18-6-4-3-5-16(18)2;1-2/h3-10H,11-14H2,1-2H3;1-2H3. The molecule has 0 bridgehead atoms. The minimum absolute atomic E-state index is 0.0602. The van der Waals surface area contributed by atoms with Crippen molar-refractivity contribution in [3.05, 3.63) is 82.6 Å². The summed E-state index contributed by atoms with van der Waals surface area (Å²) >= 11 is 0. The first kappa shape index (κ1) is 18.4. The van der Waals surface area contributed by atoms with Gasteiger partial charge in [0.05, 0.1) is 11.8 Å². The molecule has 0 radical (unpaired) electrons. The smallest absolute Gasteiger partial charge is 0.223 e. The largest absolute Gasteiger partial charge is 0.424 e. The third-order valence-electron chi connectivity index (χ3n) is 5.04. The van der Waals surface area contributed by atoms with Gasteiger partial charge >= 0.3 is 0 Å². The summed E-state index contributed by atoms with van der Waals surface area (Å²) in [4.78, 5) is 0. The molecule has 0 spiro atoms. The van der Waals surface area contributed by atoms with E-state index in [-0.39, 0.29) is 5.41 Å². The Morgan fingerprint density at radius 1 is 0.923 bits per heavy atom. The van der Waals surface area contributed by atoms with E-state index in [4.69, 9.17) is 4.42 Å². The highest BCUT2D eigenvalue weighted by atomic mass is 16.4. The Kier molecular flexibility index (Phi) is 5.55. The Bertz CT molecular complexity index is 845. The van der Waals surface area contributed by atoms with Gasteiger partial charge in [0.2, 0.25) is 11.8 Å². The predicted octanol–water partition coefficient (Wildman–Crippen LogP) is 5.58. The summed E-state index contributed by atoms with van der Waals surface area (Å²) in [6.07, 6.45) is 3.96. The quantitative estimate of drug-likeness (QED) is 0.604. The summed E-state index contributed by atoms with van der Waals surface area (Å²) < 4.78 is 6.03. The van der Waals surface area contributed by atoms with Crippen molar-refractivity contribution in [1.29, 1.82) is 0 Å². The first-order valence-electron chi connectivity index (χ1n) is 9.58. The third-order valence-corrected chi connectivity index (χ3v) is 5.04. The van der Waals surface area contributed by atoms with Crippen LogP contribution in [0.1, 0.15) is 60.7 Å². The molecular formula is C23H28N2O. The van der Waals surface area contributed by atoms with Gasteiger partial charge in [-0.2, -0.15) is 0 Å². The van der Waals surface area contributed by atoms with Crippen LogP contribution in [0.3, 0.4) is 0 Å². The van der Waals surface area contributed by atoms with Gasteiger partial charge in [0, 0.05) is 0 Å². The number of aryl methyl sites for hydroxylation is 2. The zero-order chi connectivity index (χ0) is 18.6. The fourth-order valence-electron chi connectivity index (χ4n) is 3.21. The molecule has 1 aliphatic carbocycles. The highest BCUT2D eigenvalue weighted by Crippen LogP contribution is 2.50. The first-order valence-corrected chi connectivity index (χ1v) is 9.58. The Hall–Kier alpha value is -2.42. The van der Waals surface area contributed by atoms with Crippen molar-refractivity contribution in [3.8, 4) is 0 Å². The lowest BCUT2D eigenvalue weighted by molar-refractivity contribution is 0.407. The highest BCUT2D eigenvalue weighted by molar-refractivity contribution is 5.31. The zero-order valence-corrected chi connectivity index (χ0v) is 16.2. The summed E-state index contributed by atoms with van der Waals surface area (Å²) in [6, 6.07) is 17.1. The fourth-order valence-corrected chi connectivity index (χ4v) is 3.21. The molecule has 3 nitrogen and oxygen atoms in total. The van der Waals surface area contributed by atoms with Crippen molar-refractivity contribution >= 4 is 0 Å². The van der Waals surface area contributed by atoms with E-state index in [0.717, 1.165) is 25.2 Å². The minimum atomic E-state index is 0.0602. The maximum Gasteiger partial charge on any atom is 0.223 e. The first-order chi connectivity index (χ1) is 12.6. The average Bonchev–Trinajstić information content (AvgIpc) is 3.29. The van der Waals surface area contributed by atoms with Crippen LogP contribution >= 0.6 is 0 Å². The van der Waals surface area contributed by atoms with Crippen molar-refractivity contribution < 1.29 is 4.42 Å². The van der Waals surface area contributed by atoms with E-state index in [0.29, 0.717) is 12.3 Å². The summed E-state index contributed by atoms with van der Waals surface area (Å²) in [6.45, 7) is 8.26. The van der Waals surface area contributed by atoms with Crippen LogP contribution in [-0.2, 0) is 18.3 Å². The van der Waals surface area contributed by atoms with Crippen molar-refractivity contribution in [2.24, 2.45) is 0 Å². The maximum atomic E-state index is 6.03. The molecule has 0 aliphatic heterocycles. The summed E-state index contributed by atoms with van der Waals surface area (Å²) in [7, 11) is 0. The molecule has 3 aromatic rings. The molecule has 0 N–H and O–H groups in total. The van der Waals surface area contributed by atoms with E-state index in [2.05, 4.69) is 72.6 Å². The molecule has 0 atom stereocenters. The predicted molar refractivity (Wildman–Crippen MR) is 105 cm³/mol. The van der Waals surface area contributed by atoms with Gasteiger partial charge in [0.25, 0.3) is 0 Å². The molecule has 26 heavy (non-hydrogen) atoms. The molecule has 4 rings (SSSR count). The number of aromatic nitrogens is 2.